The molecule has 3 rings (SSSR count). The van der Waals surface area contributed by atoms with Gasteiger partial charge in [-0.25, -0.2) is 8.42 Å². The largest absolute Gasteiger partial charge is 0.494 e. The van der Waals surface area contributed by atoms with Gasteiger partial charge in [-0.1, -0.05) is 18.2 Å². The van der Waals surface area contributed by atoms with Gasteiger partial charge in [0.25, 0.3) is 10.0 Å². The van der Waals surface area contributed by atoms with Crippen LogP contribution in [0, 0.1) is 0 Å². The normalized spacial score (nSPS) is 14.3. The number of hydrogen-bond acceptors (Lipinski definition) is 4. The second-order valence-corrected chi connectivity index (χ2v) is 7.62. The summed E-state index contributed by atoms with van der Waals surface area (Å²) in [6, 6.07) is 12.4. The Hall–Kier alpha value is -2.05. The van der Waals surface area contributed by atoms with Gasteiger partial charge in [0.05, 0.1) is 17.2 Å². The number of ether oxygens (including phenoxy) is 1. The third-order valence-corrected chi connectivity index (χ3v) is 5.97. The van der Waals surface area contributed by atoms with Gasteiger partial charge >= 0.3 is 0 Å². The Morgan fingerprint density at radius 1 is 1.21 bits per heavy atom. The average Bonchev–Trinajstić information content (AvgIpc) is 2.61. The van der Waals surface area contributed by atoms with E-state index in [1.165, 1.54) is 4.31 Å². The Kier molecular flexibility index (Phi) is 4.78. The Labute approximate surface area is 143 Å². The maximum atomic E-state index is 13.1. The topological polar surface area (TPSA) is 72.6 Å². The van der Waals surface area contributed by atoms with Gasteiger partial charge in [0.1, 0.15) is 5.75 Å². The van der Waals surface area contributed by atoms with E-state index in [9.17, 15) is 8.42 Å². The van der Waals surface area contributed by atoms with E-state index < -0.39 is 10.0 Å². The van der Waals surface area contributed by atoms with Crippen LogP contribution in [0.1, 0.15) is 24.5 Å². The number of sulfonamides is 1. The molecule has 2 aromatic rings. The predicted octanol–water partition coefficient (Wildman–Crippen LogP) is 2.69. The monoisotopic (exact) mass is 346 g/mol. The average molecular weight is 346 g/mol. The van der Waals surface area contributed by atoms with E-state index in [1.807, 2.05) is 25.1 Å². The Morgan fingerprint density at radius 2 is 2.04 bits per heavy atom. The summed E-state index contributed by atoms with van der Waals surface area (Å²) in [6.45, 7) is 3.31. The second kappa shape index (κ2) is 6.83. The lowest BCUT2D eigenvalue weighted by atomic mass is 10.0. The van der Waals surface area contributed by atoms with Crippen LogP contribution in [0.5, 0.6) is 5.75 Å². The summed E-state index contributed by atoms with van der Waals surface area (Å²) in [5.41, 5.74) is 8.50. The van der Waals surface area contributed by atoms with Gasteiger partial charge in [0, 0.05) is 19.2 Å². The van der Waals surface area contributed by atoms with Gasteiger partial charge in [-0.2, -0.15) is 0 Å². The molecule has 5 nitrogen and oxygen atoms in total. The SMILES string of the molecule is CCOc1cccc(S(=O)(=O)N2CCCc3cc(CN)ccc32)c1. The van der Waals surface area contributed by atoms with E-state index in [0.717, 1.165) is 29.7 Å². The molecule has 1 aliphatic rings. The molecule has 0 aromatic heterocycles. The highest BCUT2D eigenvalue weighted by molar-refractivity contribution is 7.92. The summed E-state index contributed by atoms with van der Waals surface area (Å²) in [5.74, 6) is 0.564. The summed E-state index contributed by atoms with van der Waals surface area (Å²) in [7, 11) is -3.61. The maximum absolute atomic E-state index is 13.1. The fraction of sp³-hybridized carbons (Fsp3) is 0.333. The molecule has 0 fully saturated rings. The van der Waals surface area contributed by atoms with Crippen molar-refractivity contribution in [2.24, 2.45) is 5.73 Å². The highest BCUT2D eigenvalue weighted by Crippen LogP contribution is 2.33. The van der Waals surface area contributed by atoms with Crippen molar-refractivity contribution in [3.05, 3.63) is 53.6 Å². The van der Waals surface area contributed by atoms with E-state index in [0.29, 0.717) is 25.4 Å². The first-order chi connectivity index (χ1) is 11.6. The standard InChI is InChI=1S/C18H22N2O3S/c1-2-23-16-6-3-7-17(12-16)24(21,22)20-10-4-5-15-11-14(13-19)8-9-18(15)20/h3,6-9,11-12H,2,4-5,10,13,19H2,1H3. The third-order valence-electron chi connectivity index (χ3n) is 4.16. The molecular formula is C18H22N2O3S. The van der Waals surface area contributed by atoms with Crippen molar-refractivity contribution in [1.29, 1.82) is 0 Å². The van der Waals surface area contributed by atoms with Crippen LogP contribution in [-0.2, 0) is 23.0 Å². The minimum atomic E-state index is -3.61. The molecule has 0 radical (unpaired) electrons. The maximum Gasteiger partial charge on any atom is 0.264 e. The fourth-order valence-corrected chi connectivity index (χ4v) is 4.59. The number of aryl methyl sites for hydroxylation is 1. The van der Waals surface area contributed by atoms with Crippen LogP contribution in [0.4, 0.5) is 5.69 Å². The van der Waals surface area contributed by atoms with E-state index >= 15 is 0 Å². The molecule has 6 heteroatoms. The number of nitrogens with zero attached hydrogens (tertiary/aromatic N) is 1. The number of benzene rings is 2. The number of nitrogens with two attached hydrogens (primary N) is 1. The summed E-state index contributed by atoms with van der Waals surface area (Å²) >= 11 is 0. The number of fused-ring (bicyclic) bond motifs is 1. The van der Waals surface area contributed by atoms with E-state index in [1.54, 1.807) is 24.3 Å². The van der Waals surface area contributed by atoms with Crippen LogP contribution < -0.4 is 14.8 Å². The van der Waals surface area contributed by atoms with Crippen molar-refractivity contribution in [2.75, 3.05) is 17.5 Å². The molecule has 24 heavy (non-hydrogen) atoms. The van der Waals surface area contributed by atoms with Crippen LogP contribution in [-0.4, -0.2) is 21.6 Å². The summed E-state index contributed by atoms with van der Waals surface area (Å²) in [4.78, 5) is 0.254. The van der Waals surface area contributed by atoms with E-state index in [2.05, 4.69) is 0 Å². The lowest BCUT2D eigenvalue weighted by Crippen LogP contribution is -2.35. The number of anilines is 1. The van der Waals surface area contributed by atoms with Crippen molar-refractivity contribution in [3.8, 4) is 5.75 Å². The summed E-state index contributed by atoms with van der Waals surface area (Å²) in [6.07, 6.45) is 1.67. The minimum Gasteiger partial charge on any atom is -0.494 e. The van der Waals surface area contributed by atoms with E-state index in [4.69, 9.17) is 10.5 Å². The molecule has 128 valence electrons. The Bertz CT molecular complexity index is 834. The van der Waals surface area contributed by atoms with Crippen LogP contribution in [0.25, 0.3) is 0 Å². The zero-order valence-electron chi connectivity index (χ0n) is 13.7. The molecule has 0 saturated heterocycles. The molecule has 1 heterocycles. The molecule has 0 saturated carbocycles. The summed E-state index contributed by atoms with van der Waals surface area (Å²) in [5, 5.41) is 0. The number of hydrogen-bond donors (Lipinski definition) is 1. The highest BCUT2D eigenvalue weighted by atomic mass is 32.2. The molecule has 2 N–H and O–H groups in total. The lowest BCUT2D eigenvalue weighted by Gasteiger charge is -2.31. The van der Waals surface area contributed by atoms with Crippen LogP contribution in [0.15, 0.2) is 47.4 Å². The molecule has 0 unspecified atom stereocenters. The summed E-state index contributed by atoms with van der Waals surface area (Å²) < 4.78 is 33.1. The van der Waals surface area contributed by atoms with Crippen molar-refractivity contribution < 1.29 is 13.2 Å². The quantitative estimate of drug-likeness (QED) is 0.903. The smallest absolute Gasteiger partial charge is 0.264 e. The van der Waals surface area contributed by atoms with E-state index in [-0.39, 0.29) is 4.90 Å². The first-order valence-corrected chi connectivity index (χ1v) is 9.57. The predicted molar refractivity (Wildman–Crippen MR) is 94.8 cm³/mol. The molecule has 0 atom stereocenters. The molecule has 0 spiro atoms. The van der Waals surface area contributed by atoms with Gasteiger partial charge in [-0.05, 0) is 49.1 Å². The van der Waals surface area contributed by atoms with Crippen LogP contribution >= 0.6 is 0 Å². The van der Waals surface area contributed by atoms with Gasteiger partial charge in [0.15, 0.2) is 0 Å². The second-order valence-electron chi connectivity index (χ2n) is 5.76. The minimum absolute atomic E-state index is 0.254. The Morgan fingerprint density at radius 3 is 2.79 bits per heavy atom. The molecule has 1 aliphatic heterocycles. The first-order valence-electron chi connectivity index (χ1n) is 8.13. The van der Waals surface area contributed by atoms with Gasteiger partial charge in [0.2, 0.25) is 0 Å². The number of rotatable bonds is 5. The zero-order valence-corrected chi connectivity index (χ0v) is 14.6. The third kappa shape index (κ3) is 3.12. The zero-order chi connectivity index (χ0) is 17.2. The van der Waals surface area contributed by atoms with Crippen molar-refractivity contribution in [2.45, 2.75) is 31.2 Å². The van der Waals surface area contributed by atoms with Gasteiger partial charge in [-0.15, -0.1) is 0 Å². The molecule has 2 aromatic carbocycles. The molecule has 0 bridgehead atoms. The molecule has 0 aliphatic carbocycles. The van der Waals surface area contributed by atoms with Crippen molar-refractivity contribution in [3.63, 3.8) is 0 Å². The first kappa shape index (κ1) is 16.8. The van der Waals surface area contributed by atoms with Crippen molar-refractivity contribution in [1.82, 2.24) is 0 Å². The molecular weight excluding hydrogens is 324 g/mol. The van der Waals surface area contributed by atoms with Crippen LogP contribution in [0.3, 0.4) is 0 Å². The van der Waals surface area contributed by atoms with Crippen molar-refractivity contribution >= 4 is 15.7 Å². The van der Waals surface area contributed by atoms with Gasteiger partial charge in [-0.3, -0.25) is 4.31 Å². The lowest BCUT2D eigenvalue weighted by molar-refractivity contribution is 0.339. The highest BCUT2D eigenvalue weighted by Gasteiger charge is 2.29. The van der Waals surface area contributed by atoms with Gasteiger partial charge < -0.3 is 10.5 Å². The Balaban J connectivity index is 2.01. The molecule has 0 amide bonds. The van der Waals surface area contributed by atoms with Crippen LogP contribution in [0.2, 0.25) is 0 Å². The fourth-order valence-electron chi connectivity index (χ4n) is 3.01.